The lowest BCUT2D eigenvalue weighted by atomic mass is 9.93. The standard InChI is InChI=1S/C26H29NO6/c1-3-24(27)31-17-5-16-30-23-13-11-22(12-14-23)21-9-6-20(7-10-21)8-15-26(29)33-19-18-32-25(28)4-2/h3-4,6,8-15,20,27H,1-2,5,7,16-19H2/b15-8+,27-24?. The summed E-state index contributed by atoms with van der Waals surface area (Å²) in [5.74, 6) is -0.0844. The molecule has 1 atom stereocenters. The molecule has 1 aliphatic carbocycles. The summed E-state index contributed by atoms with van der Waals surface area (Å²) in [6.07, 6.45) is 13.2. The van der Waals surface area contributed by atoms with E-state index in [1.165, 1.54) is 12.2 Å². The minimum atomic E-state index is -0.550. The minimum absolute atomic E-state index is 0.000574. The van der Waals surface area contributed by atoms with Gasteiger partial charge in [0.05, 0.1) is 13.2 Å². The Morgan fingerprint density at radius 2 is 1.70 bits per heavy atom. The Morgan fingerprint density at radius 3 is 2.33 bits per heavy atom. The lowest BCUT2D eigenvalue weighted by molar-refractivity contribution is -0.146. The molecule has 0 bridgehead atoms. The van der Waals surface area contributed by atoms with E-state index < -0.39 is 11.9 Å². The van der Waals surface area contributed by atoms with Crippen LogP contribution in [0.5, 0.6) is 5.75 Å². The summed E-state index contributed by atoms with van der Waals surface area (Å²) in [6, 6.07) is 7.85. The Kier molecular flexibility index (Phi) is 11.0. The van der Waals surface area contributed by atoms with Crippen molar-refractivity contribution in [3.05, 3.63) is 85.5 Å². The van der Waals surface area contributed by atoms with Crippen molar-refractivity contribution in [2.45, 2.75) is 12.8 Å². The number of rotatable bonds is 13. The zero-order valence-corrected chi connectivity index (χ0v) is 18.5. The Bertz CT molecular complexity index is 927. The lowest BCUT2D eigenvalue weighted by Gasteiger charge is -2.14. The molecule has 1 aliphatic rings. The van der Waals surface area contributed by atoms with Crippen LogP contribution in [0, 0.1) is 11.3 Å². The summed E-state index contributed by atoms with van der Waals surface area (Å²) in [5, 5.41) is 7.33. The maximum atomic E-state index is 11.7. The van der Waals surface area contributed by atoms with Crippen molar-refractivity contribution in [2.24, 2.45) is 5.92 Å². The normalized spacial score (nSPS) is 14.8. The van der Waals surface area contributed by atoms with Gasteiger partial charge in [0.2, 0.25) is 5.90 Å². The molecule has 7 heteroatoms. The Hall–Kier alpha value is -3.87. The van der Waals surface area contributed by atoms with E-state index in [1.54, 1.807) is 6.08 Å². The van der Waals surface area contributed by atoms with Crippen LogP contribution < -0.4 is 4.74 Å². The van der Waals surface area contributed by atoms with Gasteiger partial charge < -0.3 is 18.9 Å². The first-order valence-electron chi connectivity index (χ1n) is 10.6. The molecular weight excluding hydrogens is 422 g/mol. The highest BCUT2D eigenvalue weighted by Gasteiger charge is 2.09. The van der Waals surface area contributed by atoms with Gasteiger partial charge in [0.1, 0.15) is 19.0 Å². The molecule has 0 aliphatic heterocycles. The largest absolute Gasteiger partial charge is 0.493 e. The highest BCUT2D eigenvalue weighted by Crippen LogP contribution is 2.26. The van der Waals surface area contributed by atoms with E-state index in [4.69, 9.17) is 24.4 Å². The molecule has 0 amide bonds. The van der Waals surface area contributed by atoms with Gasteiger partial charge >= 0.3 is 11.9 Å². The minimum Gasteiger partial charge on any atom is -0.493 e. The van der Waals surface area contributed by atoms with E-state index >= 15 is 0 Å². The molecule has 0 aromatic heterocycles. The van der Waals surface area contributed by atoms with Crippen LogP contribution in [0.25, 0.3) is 5.57 Å². The van der Waals surface area contributed by atoms with Crippen molar-refractivity contribution in [1.82, 2.24) is 0 Å². The van der Waals surface area contributed by atoms with E-state index in [0.29, 0.717) is 19.6 Å². The number of esters is 2. The van der Waals surface area contributed by atoms with Gasteiger partial charge in [-0.1, -0.05) is 49.6 Å². The Morgan fingerprint density at radius 1 is 0.970 bits per heavy atom. The summed E-state index contributed by atoms with van der Waals surface area (Å²) >= 11 is 0. The summed E-state index contributed by atoms with van der Waals surface area (Å²) < 4.78 is 20.5. The molecule has 0 saturated heterocycles. The van der Waals surface area contributed by atoms with Gasteiger partial charge in [-0.3, -0.25) is 5.41 Å². The number of ether oxygens (including phenoxy) is 4. The molecule has 0 spiro atoms. The van der Waals surface area contributed by atoms with Crippen molar-refractivity contribution < 1.29 is 28.5 Å². The zero-order valence-electron chi connectivity index (χ0n) is 18.5. The second-order valence-electron chi connectivity index (χ2n) is 6.96. The number of nitrogens with one attached hydrogen (secondary N) is 1. The maximum absolute atomic E-state index is 11.7. The van der Waals surface area contributed by atoms with Gasteiger partial charge in [0.15, 0.2) is 0 Å². The summed E-state index contributed by atoms with van der Waals surface area (Å²) in [5.41, 5.74) is 2.19. The number of allylic oxidation sites excluding steroid dienone is 5. The van der Waals surface area contributed by atoms with Gasteiger partial charge in [0.25, 0.3) is 0 Å². The third-order valence-electron chi connectivity index (χ3n) is 4.54. The second kappa shape index (κ2) is 14.2. The van der Waals surface area contributed by atoms with E-state index in [9.17, 15) is 9.59 Å². The summed E-state index contributed by atoms with van der Waals surface area (Å²) in [4.78, 5) is 22.6. The van der Waals surface area contributed by atoms with Gasteiger partial charge in [-0.2, -0.15) is 0 Å². The second-order valence-corrected chi connectivity index (χ2v) is 6.96. The van der Waals surface area contributed by atoms with Crippen molar-refractivity contribution in [1.29, 1.82) is 5.41 Å². The summed E-state index contributed by atoms with van der Waals surface area (Å²) in [6.45, 7) is 7.67. The fourth-order valence-corrected chi connectivity index (χ4v) is 2.82. The van der Waals surface area contributed by atoms with Crippen molar-refractivity contribution in [2.75, 3.05) is 26.4 Å². The molecule has 7 nitrogen and oxygen atoms in total. The quantitative estimate of drug-likeness (QED) is 0.157. The highest BCUT2D eigenvalue weighted by atomic mass is 16.6. The molecule has 1 N–H and O–H groups in total. The predicted molar refractivity (Wildman–Crippen MR) is 127 cm³/mol. The molecule has 174 valence electrons. The molecule has 1 aromatic carbocycles. The van der Waals surface area contributed by atoms with E-state index in [-0.39, 0.29) is 25.0 Å². The van der Waals surface area contributed by atoms with Crippen LogP contribution in [0.1, 0.15) is 18.4 Å². The molecular formula is C26H29NO6. The topological polar surface area (TPSA) is 94.9 Å². The Balaban J connectivity index is 1.70. The van der Waals surface area contributed by atoms with Crippen LogP contribution >= 0.6 is 0 Å². The van der Waals surface area contributed by atoms with Gasteiger partial charge in [-0.15, -0.1) is 0 Å². The average molecular weight is 452 g/mol. The SMILES string of the molecule is C=CC(=N)OCCCOc1ccc(C2=CCC(/C=C/C(=O)OCCOC(=O)C=C)C=C2)cc1. The number of carbonyl (C=O) groups is 2. The fourth-order valence-electron chi connectivity index (χ4n) is 2.82. The fraction of sp³-hybridized carbons (Fsp3) is 0.269. The van der Waals surface area contributed by atoms with Crippen LogP contribution in [0.3, 0.4) is 0 Å². The van der Waals surface area contributed by atoms with E-state index in [1.807, 2.05) is 36.4 Å². The van der Waals surface area contributed by atoms with Crippen LogP contribution in [-0.4, -0.2) is 44.3 Å². The number of benzene rings is 1. The molecule has 0 fully saturated rings. The smallest absolute Gasteiger partial charge is 0.330 e. The van der Waals surface area contributed by atoms with Crippen molar-refractivity contribution in [3.8, 4) is 5.75 Å². The lowest BCUT2D eigenvalue weighted by Crippen LogP contribution is -2.11. The highest BCUT2D eigenvalue weighted by molar-refractivity contribution is 5.84. The van der Waals surface area contributed by atoms with Gasteiger partial charge in [0, 0.05) is 18.6 Å². The Labute approximate surface area is 194 Å². The monoisotopic (exact) mass is 451 g/mol. The first kappa shape index (κ1) is 25.4. The van der Waals surface area contributed by atoms with Gasteiger partial charge in [-0.25, -0.2) is 9.59 Å². The van der Waals surface area contributed by atoms with Gasteiger partial charge in [-0.05, 0) is 41.7 Å². The number of hydrogen-bond donors (Lipinski definition) is 1. The number of carbonyl (C=O) groups excluding carboxylic acids is 2. The van der Waals surface area contributed by atoms with Crippen molar-refractivity contribution in [3.63, 3.8) is 0 Å². The zero-order chi connectivity index (χ0) is 23.9. The maximum Gasteiger partial charge on any atom is 0.330 e. The van der Waals surface area contributed by atoms with E-state index in [2.05, 4.69) is 19.2 Å². The molecule has 0 heterocycles. The van der Waals surface area contributed by atoms with Crippen LogP contribution in [-0.2, 0) is 23.8 Å². The third-order valence-corrected chi connectivity index (χ3v) is 4.54. The van der Waals surface area contributed by atoms with Crippen LogP contribution in [0.4, 0.5) is 0 Å². The average Bonchev–Trinajstić information content (AvgIpc) is 2.85. The summed E-state index contributed by atoms with van der Waals surface area (Å²) in [7, 11) is 0. The molecule has 33 heavy (non-hydrogen) atoms. The van der Waals surface area contributed by atoms with E-state index in [0.717, 1.165) is 29.4 Å². The van der Waals surface area contributed by atoms with Crippen LogP contribution in [0.2, 0.25) is 0 Å². The molecule has 0 radical (unpaired) electrons. The first-order valence-corrected chi connectivity index (χ1v) is 10.6. The first-order chi connectivity index (χ1) is 16.0. The number of hydrogen-bond acceptors (Lipinski definition) is 7. The van der Waals surface area contributed by atoms with Crippen LogP contribution in [0.15, 0.2) is 80.0 Å². The molecule has 1 unspecified atom stereocenters. The third kappa shape index (κ3) is 9.86. The van der Waals surface area contributed by atoms with Crippen molar-refractivity contribution >= 4 is 23.4 Å². The molecule has 0 saturated carbocycles. The predicted octanol–water partition coefficient (Wildman–Crippen LogP) is 4.42. The molecule has 1 aromatic rings. The molecule has 2 rings (SSSR count).